The van der Waals surface area contributed by atoms with Crippen molar-refractivity contribution in [1.29, 1.82) is 0 Å². The second-order valence-electron chi connectivity index (χ2n) is 8.67. The van der Waals surface area contributed by atoms with Gasteiger partial charge in [-0.05, 0) is 55.4 Å². The molecule has 6 nitrogen and oxygen atoms in total. The number of fused-ring (bicyclic) bond motifs is 2. The molecule has 0 radical (unpaired) electrons. The van der Waals surface area contributed by atoms with Crippen molar-refractivity contribution in [2.75, 3.05) is 24.4 Å². The van der Waals surface area contributed by atoms with Crippen LogP contribution in [0.3, 0.4) is 0 Å². The summed E-state index contributed by atoms with van der Waals surface area (Å²) in [5, 5.41) is -0.237. The zero-order valence-electron chi connectivity index (χ0n) is 17.4. The van der Waals surface area contributed by atoms with Crippen LogP contribution in [0.25, 0.3) is 0 Å². The maximum absolute atomic E-state index is 12.0. The zero-order valence-corrected chi connectivity index (χ0v) is 19.0. The molecule has 162 valence electrons. The molecule has 2 aliphatic heterocycles. The first-order chi connectivity index (χ1) is 14.5. The van der Waals surface area contributed by atoms with Crippen molar-refractivity contribution in [3.05, 3.63) is 45.3 Å². The van der Waals surface area contributed by atoms with Crippen LogP contribution < -0.4 is 4.72 Å². The zero-order chi connectivity index (χ0) is 20.8. The number of ether oxygens (including phenoxy) is 1. The number of likely N-dealkylation sites (tertiary alicyclic amines) is 1. The highest BCUT2D eigenvalue weighted by atomic mass is 32.2. The predicted octanol–water partition coefficient (Wildman–Crippen LogP) is 3.67. The van der Waals surface area contributed by atoms with Crippen LogP contribution in [-0.2, 0) is 39.7 Å². The van der Waals surface area contributed by atoms with Gasteiger partial charge in [0.1, 0.15) is 5.82 Å². The molecule has 3 aliphatic rings. The number of piperidine rings is 1. The van der Waals surface area contributed by atoms with E-state index in [4.69, 9.17) is 4.74 Å². The third-order valence-electron chi connectivity index (χ3n) is 6.51. The van der Waals surface area contributed by atoms with Crippen molar-refractivity contribution < 1.29 is 13.2 Å². The predicted molar refractivity (Wildman–Crippen MR) is 119 cm³/mol. The van der Waals surface area contributed by atoms with E-state index in [1.807, 2.05) is 17.4 Å². The molecule has 0 unspecified atom stereocenters. The first-order valence-corrected chi connectivity index (χ1v) is 13.3. The van der Waals surface area contributed by atoms with E-state index < -0.39 is 10.0 Å². The molecule has 1 N–H and O–H groups in total. The first-order valence-electron chi connectivity index (χ1n) is 10.9. The minimum absolute atomic E-state index is 0.1000. The second-order valence-corrected chi connectivity index (χ2v) is 11.9. The number of nitrogens with zero attached hydrogens (tertiary/aromatic N) is 2. The fraction of sp³-hybridized carbons (Fsp3) is 0.591. The van der Waals surface area contributed by atoms with E-state index in [0.717, 1.165) is 70.3 Å². The molecule has 0 atom stereocenters. The lowest BCUT2D eigenvalue weighted by atomic mass is 9.82. The number of hydrogen-bond donors (Lipinski definition) is 1. The molecule has 2 aromatic heterocycles. The second kappa shape index (κ2) is 7.89. The summed E-state index contributed by atoms with van der Waals surface area (Å²) in [5.74, 6) is 0.413. The molecule has 2 fully saturated rings. The van der Waals surface area contributed by atoms with Gasteiger partial charge < -0.3 is 4.74 Å². The highest BCUT2D eigenvalue weighted by molar-refractivity contribution is 7.93. The topological polar surface area (TPSA) is 71.5 Å². The summed E-state index contributed by atoms with van der Waals surface area (Å²) in [4.78, 5) is 9.77. The van der Waals surface area contributed by atoms with E-state index in [2.05, 4.69) is 27.6 Å². The van der Waals surface area contributed by atoms with Gasteiger partial charge in [-0.2, -0.15) is 0 Å². The Kier molecular flexibility index (Phi) is 5.37. The van der Waals surface area contributed by atoms with Crippen LogP contribution in [0.5, 0.6) is 0 Å². The third kappa shape index (κ3) is 4.02. The summed E-state index contributed by atoms with van der Waals surface area (Å²) >= 11 is 1.97. The average molecular weight is 448 g/mol. The fourth-order valence-electron chi connectivity index (χ4n) is 4.58. The van der Waals surface area contributed by atoms with E-state index in [-0.39, 0.29) is 10.9 Å². The maximum Gasteiger partial charge on any atom is 0.236 e. The van der Waals surface area contributed by atoms with Crippen LogP contribution in [0.15, 0.2) is 24.4 Å². The summed E-state index contributed by atoms with van der Waals surface area (Å²) < 4.78 is 33.1. The number of aryl methyl sites for hydroxylation is 1. The van der Waals surface area contributed by atoms with Crippen molar-refractivity contribution in [3.63, 3.8) is 0 Å². The quantitative estimate of drug-likeness (QED) is 0.732. The van der Waals surface area contributed by atoms with Crippen molar-refractivity contribution >= 4 is 27.2 Å². The third-order valence-corrected chi connectivity index (χ3v) is 9.69. The van der Waals surface area contributed by atoms with Crippen LogP contribution in [0.2, 0.25) is 0 Å². The fourth-order valence-corrected chi connectivity index (χ4v) is 7.09. The molecule has 8 heteroatoms. The lowest BCUT2D eigenvalue weighted by molar-refractivity contribution is -0.0981. The normalized spacial score (nSPS) is 21.5. The van der Waals surface area contributed by atoms with Gasteiger partial charge in [-0.25, -0.2) is 13.4 Å². The lowest BCUT2D eigenvalue weighted by Gasteiger charge is -2.44. The summed E-state index contributed by atoms with van der Waals surface area (Å²) in [6.07, 6.45) is 7.48. The molecule has 4 heterocycles. The lowest BCUT2D eigenvalue weighted by Crippen LogP contribution is -2.45. The molecule has 30 heavy (non-hydrogen) atoms. The van der Waals surface area contributed by atoms with Crippen LogP contribution in [-0.4, -0.2) is 43.2 Å². The molecule has 5 rings (SSSR count). The van der Waals surface area contributed by atoms with E-state index >= 15 is 0 Å². The molecule has 2 aromatic rings. The summed E-state index contributed by atoms with van der Waals surface area (Å²) in [5.41, 5.74) is 2.45. The number of sulfonamides is 1. The van der Waals surface area contributed by atoms with Crippen molar-refractivity contribution in [2.45, 2.75) is 62.8 Å². The van der Waals surface area contributed by atoms with E-state index in [9.17, 15) is 8.42 Å². The van der Waals surface area contributed by atoms with E-state index in [1.54, 1.807) is 12.3 Å². The highest BCUT2D eigenvalue weighted by Gasteiger charge is 2.41. The summed E-state index contributed by atoms with van der Waals surface area (Å²) in [6, 6.07) is 6.14. The molecule has 1 saturated carbocycles. The minimum atomic E-state index is -3.26. The van der Waals surface area contributed by atoms with Gasteiger partial charge in [0.05, 0.1) is 17.5 Å². The van der Waals surface area contributed by atoms with Crippen LogP contribution >= 0.6 is 11.3 Å². The monoisotopic (exact) mass is 447 g/mol. The largest absolute Gasteiger partial charge is 0.370 e. The molecular weight excluding hydrogens is 418 g/mol. The number of nitrogens with one attached hydrogen (secondary N) is 1. The van der Waals surface area contributed by atoms with Gasteiger partial charge in [0.25, 0.3) is 0 Å². The maximum atomic E-state index is 12.0. The number of anilines is 1. The van der Waals surface area contributed by atoms with Gasteiger partial charge in [-0.15, -0.1) is 11.3 Å². The summed E-state index contributed by atoms with van der Waals surface area (Å²) in [6.45, 7) is 5.87. The Labute approximate surface area is 182 Å². The Balaban J connectivity index is 1.20. The molecule has 1 saturated heterocycles. The number of hydrogen-bond acceptors (Lipinski definition) is 6. The van der Waals surface area contributed by atoms with E-state index in [0.29, 0.717) is 5.82 Å². The molecular formula is C22H29N3O3S2. The van der Waals surface area contributed by atoms with Gasteiger partial charge in [-0.3, -0.25) is 9.62 Å². The smallest absolute Gasteiger partial charge is 0.236 e. The molecule has 0 amide bonds. The van der Waals surface area contributed by atoms with Crippen molar-refractivity contribution in [2.24, 2.45) is 0 Å². The Morgan fingerprint density at radius 3 is 2.77 bits per heavy atom. The number of rotatable bonds is 6. The number of pyridine rings is 1. The molecule has 1 spiro atoms. The molecule has 0 bridgehead atoms. The standard InChI is InChI=1S/C22H29N3O3S2/c1-2-17-13-19-20(29-17)7-12-28-22(19)8-10-25(11-9-22)15-16-3-6-21(23-14-16)24-30(26,27)18-4-5-18/h3,6,13-14,18H,2,4-5,7-12,15H2,1H3,(H,23,24). The van der Waals surface area contributed by atoms with Crippen molar-refractivity contribution in [3.8, 4) is 0 Å². The van der Waals surface area contributed by atoms with Crippen LogP contribution in [0.1, 0.15) is 53.5 Å². The highest BCUT2D eigenvalue weighted by Crippen LogP contribution is 2.44. The number of thiophene rings is 1. The Hall–Kier alpha value is -1.48. The van der Waals surface area contributed by atoms with Gasteiger partial charge >= 0.3 is 0 Å². The van der Waals surface area contributed by atoms with Gasteiger partial charge in [0.15, 0.2) is 0 Å². The van der Waals surface area contributed by atoms with Crippen LogP contribution in [0.4, 0.5) is 5.82 Å². The van der Waals surface area contributed by atoms with Gasteiger partial charge in [-0.1, -0.05) is 13.0 Å². The van der Waals surface area contributed by atoms with Crippen molar-refractivity contribution in [1.82, 2.24) is 9.88 Å². The Morgan fingerprint density at radius 1 is 1.30 bits per heavy atom. The summed E-state index contributed by atoms with van der Waals surface area (Å²) in [7, 11) is -3.26. The average Bonchev–Trinajstić information content (AvgIpc) is 3.52. The first kappa shape index (κ1) is 20.4. The van der Waals surface area contributed by atoms with E-state index in [1.165, 1.54) is 15.3 Å². The minimum Gasteiger partial charge on any atom is -0.370 e. The Morgan fingerprint density at radius 2 is 2.10 bits per heavy atom. The molecule has 0 aromatic carbocycles. The molecule has 1 aliphatic carbocycles. The SMILES string of the molecule is CCc1cc2c(s1)CCOC21CCN(Cc2ccc(NS(=O)(=O)C3CC3)nc2)CC1. The van der Waals surface area contributed by atoms with Gasteiger partial charge in [0.2, 0.25) is 10.0 Å². The Bertz CT molecular complexity index is 1000. The van der Waals surface area contributed by atoms with Crippen LogP contribution in [0, 0.1) is 0 Å². The number of aromatic nitrogens is 1. The van der Waals surface area contributed by atoms with Gasteiger partial charge in [0, 0.05) is 42.0 Å².